The van der Waals surface area contributed by atoms with Crippen molar-refractivity contribution in [3.8, 4) is 0 Å². The number of unbranched alkanes of at least 4 members (excludes halogenated alkanes) is 2. The summed E-state index contributed by atoms with van der Waals surface area (Å²) < 4.78 is 5.60. The monoisotopic (exact) mass is 218 g/mol. The molecular weight excluding hydrogens is 196 g/mol. The molecule has 1 heteroatoms. The van der Waals surface area contributed by atoms with Gasteiger partial charge in [0.25, 0.3) is 0 Å². The smallest absolute Gasteiger partial charge is 0.0716 e. The largest absolute Gasteiger partial charge is 0.377 e. The van der Waals surface area contributed by atoms with Gasteiger partial charge in [-0.2, -0.15) is 0 Å². The summed E-state index contributed by atoms with van der Waals surface area (Å²) in [5, 5.41) is 0. The lowest BCUT2D eigenvalue weighted by Crippen LogP contribution is -1.95. The van der Waals surface area contributed by atoms with Crippen molar-refractivity contribution in [3.63, 3.8) is 0 Å². The molecule has 0 saturated heterocycles. The fourth-order valence-electron chi connectivity index (χ4n) is 1.57. The first-order valence-corrected chi connectivity index (χ1v) is 6.05. The number of rotatable bonds is 8. The summed E-state index contributed by atoms with van der Waals surface area (Å²) in [6.45, 7) is 7.59. The van der Waals surface area contributed by atoms with Gasteiger partial charge in [0, 0.05) is 6.61 Å². The highest BCUT2D eigenvalue weighted by molar-refractivity contribution is 5.13. The van der Waals surface area contributed by atoms with E-state index < -0.39 is 0 Å². The molecule has 0 aliphatic rings. The summed E-state index contributed by atoms with van der Waals surface area (Å²) in [4.78, 5) is 0. The maximum absolute atomic E-state index is 5.60. The molecule has 0 N–H and O–H groups in total. The molecule has 0 unspecified atom stereocenters. The molecule has 1 aromatic carbocycles. The molecule has 0 amide bonds. The van der Waals surface area contributed by atoms with E-state index in [-0.39, 0.29) is 0 Å². The molecule has 0 aliphatic heterocycles. The van der Waals surface area contributed by atoms with E-state index in [0.29, 0.717) is 0 Å². The Labute approximate surface area is 99.1 Å². The topological polar surface area (TPSA) is 9.23 Å². The van der Waals surface area contributed by atoms with Crippen molar-refractivity contribution in [1.82, 2.24) is 0 Å². The van der Waals surface area contributed by atoms with E-state index in [2.05, 4.69) is 25.6 Å². The molecule has 0 bridgehead atoms. The summed E-state index contributed by atoms with van der Waals surface area (Å²) in [6, 6.07) is 10.3. The number of allylic oxidation sites excluding steroid dienone is 1. The van der Waals surface area contributed by atoms with Gasteiger partial charge in [0.2, 0.25) is 0 Å². The van der Waals surface area contributed by atoms with E-state index in [1.807, 2.05) is 18.2 Å². The molecule has 0 aliphatic carbocycles. The lowest BCUT2D eigenvalue weighted by molar-refractivity contribution is 0.117. The molecular formula is C15H22O. The van der Waals surface area contributed by atoms with Crippen molar-refractivity contribution in [3.05, 3.63) is 48.0 Å². The van der Waals surface area contributed by atoms with Gasteiger partial charge in [-0.25, -0.2) is 0 Å². The van der Waals surface area contributed by atoms with Gasteiger partial charge in [-0.3, -0.25) is 0 Å². The maximum Gasteiger partial charge on any atom is 0.0716 e. The highest BCUT2D eigenvalue weighted by atomic mass is 16.5. The fraction of sp³-hybridized carbons (Fsp3) is 0.467. The minimum Gasteiger partial charge on any atom is -0.377 e. The van der Waals surface area contributed by atoms with Crippen LogP contribution in [0, 0.1) is 0 Å². The Balaban J connectivity index is 1.94. The van der Waals surface area contributed by atoms with Gasteiger partial charge in [0.15, 0.2) is 0 Å². The summed E-state index contributed by atoms with van der Waals surface area (Å²) in [6.07, 6.45) is 4.78. The van der Waals surface area contributed by atoms with Crippen molar-refractivity contribution >= 4 is 0 Å². The first-order valence-electron chi connectivity index (χ1n) is 6.05. The third-order valence-corrected chi connectivity index (χ3v) is 2.50. The van der Waals surface area contributed by atoms with Crippen molar-refractivity contribution in [2.75, 3.05) is 6.61 Å². The second kappa shape index (κ2) is 8.12. The Hall–Kier alpha value is -1.08. The highest BCUT2D eigenvalue weighted by Gasteiger charge is 1.93. The summed E-state index contributed by atoms with van der Waals surface area (Å²) in [5.41, 5.74) is 2.54. The van der Waals surface area contributed by atoms with Crippen molar-refractivity contribution in [1.29, 1.82) is 0 Å². The van der Waals surface area contributed by atoms with E-state index >= 15 is 0 Å². The van der Waals surface area contributed by atoms with Crippen LogP contribution in [0.4, 0.5) is 0 Å². The van der Waals surface area contributed by atoms with E-state index in [1.165, 1.54) is 24.0 Å². The lowest BCUT2D eigenvalue weighted by Gasteiger charge is -2.04. The molecule has 1 aromatic rings. The Morgan fingerprint density at radius 2 is 1.88 bits per heavy atom. The molecule has 0 aromatic heterocycles. The average molecular weight is 218 g/mol. The van der Waals surface area contributed by atoms with Gasteiger partial charge in [-0.1, -0.05) is 42.3 Å². The van der Waals surface area contributed by atoms with Crippen LogP contribution in [-0.4, -0.2) is 6.61 Å². The zero-order valence-corrected chi connectivity index (χ0v) is 10.2. The highest BCUT2D eigenvalue weighted by Crippen LogP contribution is 2.07. The van der Waals surface area contributed by atoms with Gasteiger partial charge < -0.3 is 4.74 Å². The van der Waals surface area contributed by atoms with Crippen molar-refractivity contribution in [2.45, 2.75) is 39.2 Å². The first kappa shape index (κ1) is 13.0. The molecule has 0 spiro atoms. The van der Waals surface area contributed by atoms with Crippen LogP contribution in [0.2, 0.25) is 0 Å². The number of hydrogen-bond acceptors (Lipinski definition) is 1. The Morgan fingerprint density at radius 3 is 2.56 bits per heavy atom. The zero-order chi connectivity index (χ0) is 11.6. The Morgan fingerprint density at radius 1 is 1.12 bits per heavy atom. The second-order valence-corrected chi connectivity index (χ2v) is 4.31. The van der Waals surface area contributed by atoms with Crippen molar-refractivity contribution in [2.24, 2.45) is 0 Å². The van der Waals surface area contributed by atoms with Crippen LogP contribution in [0.3, 0.4) is 0 Å². The molecule has 0 heterocycles. The van der Waals surface area contributed by atoms with Crippen molar-refractivity contribution < 1.29 is 4.74 Å². The van der Waals surface area contributed by atoms with Gasteiger partial charge >= 0.3 is 0 Å². The lowest BCUT2D eigenvalue weighted by atomic mass is 10.1. The van der Waals surface area contributed by atoms with Crippen LogP contribution in [0.25, 0.3) is 0 Å². The van der Waals surface area contributed by atoms with E-state index in [0.717, 1.165) is 26.1 Å². The van der Waals surface area contributed by atoms with Gasteiger partial charge in [-0.05, 0) is 31.7 Å². The maximum atomic E-state index is 5.60. The molecule has 1 rings (SSSR count). The first-order chi connectivity index (χ1) is 7.79. The number of ether oxygens (including phenoxy) is 1. The number of hydrogen-bond donors (Lipinski definition) is 0. The standard InChI is InChI=1S/C15H22O/c1-14(2)9-5-4-8-12-16-13-15-10-6-3-7-11-15/h3,6-7,10-11H,1,4-5,8-9,12-13H2,2H3. The summed E-state index contributed by atoms with van der Waals surface area (Å²) in [7, 11) is 0. The molecule has 88 valence electrons. The van der Waals surface area contributed by atoms with Gasteiger partial charge in [-0.15, -0.1) is 6.58 Å². The molecule has 1 nitrogen and oxygen atoms in total. The van der Waals surface area contributed by atoms with Crippen LogP contribution in [-0.2, 0) is 11.3 Å². The van der Waals surface area contributed by atoms with Gasteiger partial charge in [0.1, 0.15) is 0 Å². The molecule has 0 saturated carbocycles. The normalized spacial score (nSPS) is 10.3. The Kier molecular flexibility index (Phi) is 6.59. The quantitative estimate of drug-likeness (QED) is 0.466. The predicted octanol–water partition coefficient (Wildman–Crippen LogP) is 4.34. The molecule has 0 atom stereocenters. The third-order valence-electron chi connectivity index (χ3n) is 2.50. The van der Waals surface area contributed by atoms with Crippen LogP contribution in [0.15, 0.2) is 42.5 Å². The Bertz CT molecular complexity index is 290. The van der Waals surface area contributed by atoms with Crippen LogP contribution < -0.4 is 0 Å². The predicted molar refractivity (Wildman–Crippen MR) is 69.4 cm³/mol. The van der Waals surface area contributed by atoms with Crippen LogP contribution in [0.5, 0.6) is 0 Å². The van der Waals surface area contributed by atoms with Gasteiger partial charge in [0.05, 0.1) is 6.61 Å². The molecule has 0 fully saturated rings. The summed E-state index contributed by atoms with van der Waals surface area (Å²) >= 11 is 0. The van der Waals surface area contributed by atoms with E-state index in [9.17, 15) is 0 Å². The van der Waals surface area contributed by atoms with Crippen LogP contribution in [0.1, 0.15) is 38.2 Å². The minimum atomic E-state index is 0.737. The number of benzene rings is 1. The zero-order valence-electron chi connectivity index (χ0n) is 10.2. The summed E-state index contributed by atoms with van der Waals surface area (Å²) in [5.74, 6) is 0. The van der Waals surface area contributed by atoms with E-state index in [4.69, 9.17) is 4.74 Å². The molecule has 0 radical (unpaired) electrons. The minimum absolute atomic E-state index is 0.737. The SMILES string of the molecule is C=C(C)CCCCCOCc1ccccc1. The second-order valence-electron chi connectivity index (χ2n) is 4.31. The average Bonchev–Trinajstić information content (AvgIpc) is 2.29. The fourth-order valence-corrected chi connectivity index (χ4v) is 1.57. The molecule has 16 heavy (non-hydrogen) atoms. The third kappa shape index (κ3) is 6.41. The van der Waals surface area contributed by atoms with Crippen LogP contribution >= 0.6 is 0 Å². The van der Waals surface area contributed by atoms with E-state index in [1.54, 1.807) is 0 Å².